The molecule has 1 aromatic carbocycles. The van der Waals surface area contributed by atoms with E-state index in [2.05, 4.69) is 21.2 Å². The van der Waals surface area contributed by atoms with Gasteiger partial charge in [-0.25, -0.2) is 0 Å². The van der Waals surface area contributed by atoms with Crippen molar-refractivity contribution in [1.29, 1.82) is 0 Å². The van der Waals surface area contributed by atoms with E-state index in [0.29, 0.717) is 26.6 Å². The van der Waals surface area contributed by atoms with Crippen LogP contribution in [0.15, 0.2) is 22.7 Å². The lowest BCUT2D eigenvalue weighted by atomic mass is 10.1. The topological polar surface area (TPSA) is 55.1 Å². The van der Waals surface area contributed by atoms with Gasteiger partial charge in [0.05, 0.1) is 10.6 Å². The van der Waals surface area contributed by atoms with Crippen LogP contribution in [0.25, 0.3) is 0 Å². The molecule has 0 fully saturated rings. The van der Waals surface area contributed by atoms with Gasteiger partial charge in [0.25, 0.3) is 5.91 Å². The Labute approximate surface area is 119 Å². The minimum absolute atomic E-state index is 0.0353. The largest absolute Gasteiger partial charge is 0.393 e. The molecule has 1 atom stereocenters. The van der Waals surface area contributed by atoms with Gasteiger partial charge in [0.2, 0.25) is 0 Å². The van der Waals surface area contributed by atoms with Crippen LogP contribution in [0.4, 0.5) is 0 Å². The first kappa shape index (κ1) is 14.4. The molecular formula is C11H12BrClN2OS. The molecule has 0 saturated carbocycles. The molecule has 0 aromatic heterocycles. The second-order valence-corrected chi connectivity index (χ2v) is 5.40. The van der Waals surface area contributed by atoms with Crippen LogP contribution in [-0.2, 0) is 0 Å². The zero-order chi connectivity index (χ0) is 13.0. The van der Waals surface area contributed by atoms with E-state index in [-0.39, 0.29) is 11.8 Å². The Hall–Kier alpha value is -0.650. The van der Waals surface area contributed by atoms with Crippen molar-refractivity contribution in [2.75, 3.05) is 6.54 Å². The molecule has 0 bridgehead atoms. The van der Waals surface area contributed by atoms with Crippen LogP contribution < -0.4 is 11.1 Å². The number of nitrogens with one attached hydrogen (secondary N) is 1. The second-order valence-electron chi connectivity index (χ2n) is 3.64. The molecule has 1 aromatic rings. The van der Waals surface area contributed by atoms with Gasteiger partial charge in [-0.3, -0.25) is 4.79 Å². The molecule has 92 valence electrons. The summed E-state index contributed by atoms with van der Waals surface area (Å²) in [7, 11) is 0. The fourth-order valence-electron chi connectivity index (χ4n) is 1.11. The van der Waals surface area contributed by atoms with E-state index in [1.54, 1.807) is 18.2 Å². The van der Waals surface area contributed by atoms with Crippen molar-refractivity contribution in [1.82, 2.24) is 5.32 Å². The molecule has 0 radical (unpaired) electrons. The molecule has 1 rings (SSSR count). The van der Waals surface area contributed by atoms with Gasteiger partial charge in [-0.2, -0.15) is 0 Å². The minimum atomic E-state index is -0.206. The molecule has 0 aliphatic carbocycles. The lowest BCUT2D eigenvalue weighted by Crippen LogP contribution is -2.33. The molecule has 1 amide bonds. The smallest absolute Gasteiger partial charge is 0.252 e. The lowest BCUT2D eigenvalue weighted by Gasteiger charge is -2.11. The Morgan fingerprint density at radius 2 is 2.29 bits per heavy atom. The number of amides is 1. The number of rotatable bonds is 4. The predicted molar refractivity (Wildman–Crippen MR) is 77.4 cm³/mol. The van der Waals surface area contributed by atoms with Gasteiger partial charge >= 0.3 is 0 Å². The Morgan fingerprint density at radius 3 is 2.88 bits per heavy atom. The number of carbonyl (C=O) groups is 1. The van der Waals surface area contributed by atoms with Crippen molar-refractivity contribution in [3.63, 3.8) is 0 Å². The van der Waals surface area contributed by atoms with Crippen molar-refractivity contribution >= 4 is 50.6 Å². The third-order valence-electron chi connectivity index (χ3n) is 2.23. The highest BCUT2D eigenvalue weighted by molar-refractivity contribution is 9.10. The third-order valence-corrected chi connectivity index (χ3v) is 3.56. The van der Waals surface area contributed by atoms with Gasteiger partial charge in [0.1, 0.15) is 0 Å². The quantitative estimate of drug-likeness (QED) is 0.832. The summed E-state index contributed by atoms with van der Waals surface area (Å²) in [6.45, 7) is 2.27. The van der Waals surface area contributed by atoms with Crippen LogP contribution in [-0.4, -0.2) is 17.4 Å². The predicted octanol–water partition coefficient (Wildman–Crippen LogP) is 2.75. The zero-order valence-corrected chi connectivity index (χ0v) is 12.3. The number of thiocarbonyl (C=S) groups is 1. The van der Waals surface area contributed by atoms with Crippen LogP contribution in [0, 0.1) is 5.92 Å². The lowest BCUT2D eigenvalue weighted by molar-refractivity contribution is 0.0950. The molecule has 0 heterocycles. The van der Waals surface area contributed by atoms with E-state index in [1.165, 1.54) is 0 Å². The summed E-state index contributed by atoms with van der Waals surface area (Å²) < 4.78 is 0.697. The molecule has 3 nitrogen and oxygen atoms in total. The van der Waals surface area contributed by atoms with E-state index in [1.807, 2.05) is 6.92 Å². The highest BCUT2D eigenvalue weighted by Gasteiger charge is 2.12. The molecule has 0 aliphatic heterocycles. The molecule has 0 spiro atoms. The summed E-state index contributed by atoms with van der Waals surface area (Å²) in [5.74, 6) is -0.241. The van der Waals surface area contributed by atoms with Crippen molar-refractivity contribution in [2.45, 2.75) is 6.92 Å². The third kappa shape index (κ3) is 4.26. The van der Waals surface area contributed by atoms with Gasteiger partial charge in [-0.05, 0) is 34.1 Å². The van der Waals surface area contributed by atoms with Gasteiger partial charge in [0, 0.05) is 22.0 Å². The molecule has 3 N–H and O–H groups in total. The fraction of sp³-hybridized carbons (Fsp3) is 0.273. The first-order chi connectivity index (χ1) is 7.91. The van der Waals surface area contributed by atoms with E-state index in [0.717, 1.165) is 0 Å². The first-order valence-electron chi connectivity index (χ1n) is 4.94. The van der Waals surface area contributed by atoms with Gasteiger partial charge in [0.15, 0.2) is 0 Å². The monoisotopic (exact) mass is 334 g/mol. The molecular weight excluding hydrogens is 324 g/mol. The maximum absolute atomic E-state index is 11.9. The van der Waals surface area contributed by atoms with Crippen LogP contribution in [0.1, 0.15) is 17.3 Å². The Bertz CT molecular complexity index is 453. The van der Waals surface area contributed by atoms with Crippen molar-refractivity contribution in [2.24, 2.45) is 11.7 Å². The zero-order valence-electron chi connectivity index (χ0n) is 9.17. The molecule has 1 unspecified atom stereocenters. The van der Waals surface area contributed by atoms with E-state index < -0.39 is 0 Å². The van der Waals surface area contributed by atoms with Crippen LogP contribution >= 0.6 is 39.7 Å². The second kappa shape index (κ2) is 6.33. The molecule has 0 saturated heterocycles. The number of hydrogen-bond acceptors (Lipinski definition) is 2. The minimum Gasteiger partial charge on any atom is -0.393 e. The van der Waals surface area contributed by atoms with Crippen LogP contribution in [0.2, 0.25) is 5.02 Å². The summed E-state index contributed by atoms with van der Waals surface area (Å²) in [5.41, 5.74) is 5.96. The standard InChI is InChI=1S/C11H12BrClN2OS/c1-6(10(14)17)5-15-11(16)8-4-7(13)2-3-9(8)12/h2-4,6H,5H2,1H3,(H2,14,17)(H,15,16). The van der Waals surface area contributed by atoms with E-state index >= 15 is 0 Å². The maximum atomic E-state index is 11.9. The van der Waals surface area contributed by atoms with Gasteiger partial charge < -0.3 is 11.1 Å². The van der Waals surface area contributed by atoms with Crippen LogP contribution in [0.5, 0.6) is 0 Å². The SMILES string of the molecule is CC(CNC(=O)c1cc(Cl)ccc1Br)C(N)=S. The summed E-state index contributed by atoms with van der Waals surface area (Å²) >= 11 is 14.0. The average molecular weight is 336 g/mol. The number of carbonyl (C=O) groups excluding carboxylic acids is 1. The van der Waals surface area contributed by atoms with Crippen molar-refractivity contribution < 1.29 is 4.79 Å². The summed E-state index contributed by atoms with van der Waals surface area (Å²) in [4.78, 5) is 12.2. The summed E-state index contributed by atoms with van der Waals surface area (Å²) in [5, 5.41) is 3.27. The maximum Gasteiger partial charge on any atom is 0.252 e. The van der Waals surface area contributed by atoms with Crippen molar-refractivity contribution in [3.05, 3.63) is 33.3 Å². The summed E-state index contributed by atoms with van der Waals surface area (Å²) in [6.07, 6.45) is 0. The van der Waals surface area contributed by atoms with Gasteiger partial charge in [-0.1, -0.05) is 30.7 Å². The Morgan fingerprint density at radius 1 is 1.65 bits per heavy atom. The highest BCUT2D eigenvalue weighted by Crippen LogP contribution is 2.21. The van der Waals surface area contributed by atoms with Gasteiger partial charge in [-0.15, -0.1) is 0 Å². The first-order valence-corrected chi connectivity index (χ1v) is 6.52. The number of hydrogen-bond donors (Lipinski definition) is 2. The van der Waals surface area contributed by atoms with E-state index in [9.17, 15) is 4.79 Å². The molecule has 17 heavy (non-hydrogen) atoms. The summed E-state index contributed by atoms with van der Waals surface area (Å²) in [6, 6.07) is 5.04. The van der Waals surface area contributed by atoms with Crippen molar-refractivity contribution in [3.8, 4) is 0 Å². The number of halogens is 2. The normalized spacial score (nSPS) is 11.9. The fourth-order valence-corrected chi connectivity index (χ4v) is 1.80. The van der Waals surface area contributed by atoms with E-state index in [4.69, 9.17) is 29.6 Å². The van der Waals surface area contributed by atoms with Crippen LogP contribution in [0.3, 0.4) is 0 Å². The molecule has 0 aliphatic rings. The molecule has 6 heteroatoms. The number of nitrogens with two attached hydrogens (primary N) is 1. The Kier molecular flexibility index (Phi) is 5.36. The number of benzene rings is 1. The highest BCUT2D eigenvalue weighted by atomic mass is 79.9. The Balaban J connectivity index is 2.70. The average Bonchev–Trinajstić information content (AvgIpc) is 2.28.